The van der Waals surface area contributed by atoms with Gasteiger partial charge in [0.1, 0.15) is 0 Å². The van der Waals surface area contributed by atoms with Crippen molar-refractivity contribution in [2.75, 3.05) is 11.1 Å². The van der Waals surface area contributed by atoms with E-state index in [1.165, 1.54) is 16.2 Å². The Morgan fingerprint density at radius 2 is 2.08 bits per heavy atom. The number of rotatable bonds is 6. The number of hydrogen-bond acceptors (Lipinski definition) is 4. The molecule has 0 radical (unpaired) electrons. The van der Waals surface area contributed by atoms with Crippen molar-refractivity contribution in [1.29, 1.82) is 0 Å². The molecule has 3 aromatic rings. The fraction of sp³-hybridized carbons (Fsp3) is 0.222. The van der Waals surface area contributed by atoms with Gasteiger partial charge in [0.25, 0.3) is 0 Å². The van der Waals surface area contributed by atoms with Crippen molar-refractivity contribution in [3.63, 3.8) is 0 Å². The summed E-state index contributed by atoms with van der Waals surface area (Å²) in [7, 11) is 0. The van der Waals surface area contributed by atoms with Gasteiger partial charge in [0.2, 0.25) is 5.91 Å². The maximum Gasteiger partial charge on any atom is 0.226 e. The molecule has 0 aliphatic carbocycles. The van der Waals surface area contributed by atoms with Crippen molar-refractivity contribution in [3.8, 4) is 0 Å². The summed E-state index contributed by atoms with van der Waals surface area (Å²) in [4.78, 5) is 17.8. The molecule has 0 spiro atoms. The molecule has 0 aliphatic heterocycles. The van der Waals surface area contributed by atoms with Crippen molar-refractivity contribution >= 4 is 56.0 Å². The maximum absolute atomic E-state index is 12.1. The van der Waals surface area contributed by atoms with Crippen LogP contribution in [0.1, 0.15) is 18.4 Å². The molecule has 1 aromatic heterocycles. The highest BCUT2D eigenvalue weighted by atomic mass is 35.5. The zero-order chi connectivity index (χ0) is 16.9. The highest BCUT2D eigenvalue weighted by Crippen LogP contribution is 2.31. The lowest BCUT2D eigenvalue weighted by Gasteiger charge is -2.02. The SMILES string of the molecule is Cc1cc(Cl)cc2sc(NC(=O)CCCSc3ccccc3)nc12. The summed E-state index contributed by atoms with van der Waals surface area (Å²) in [6.45, 7) is 1.97. The number of carbonyl (C=O) groups is 1. The van der Waals surface area contributed by atoms with Crippen LogP contribution in [0.5, 0.6) is 0 Å². The summed E-state index contributed by atoms with van der Waals surface area (Å²) in [5.41, 5.74) is 1.92. The molecular weight excluding hydrogens is 360 g/mol. The molecule has 0 fully saturated rings. The molecule has 1 amide bonds. The van der Waals surface area contributed by atoms with Crippen LogP contribution in [0.25, 0.3) is 10.2 Å². The van der Waals surface area contributed by atoms with E-state index in [2.05, 4.69) is 22.4 Å². The van der Waals surface area contributed by atoms with Crippen LogP contribution in [-0.2, 0) is 4.79 Å². The second-order valence-electron chi connectivity index (χ2n) is 5.40. The van der Waals surface area contributed by atoms with Crippen molar-refractivity contribution in [2.45, 2.75) is 24.7 Å². The minimum atomic E-state index is 0.00599. The predicted octanol–water partition coefficient (Wildman–Crippen LogP) is 5.77. The highest BCUT2D eigenvalue weighted by Gasteiger charge is 2.10. The quantitative estimate of drug-likeness (QED) is 0.438. The van der Waals surface area contributed by atoms with Crippen LogP contribution in [0.2, 0.25) is 5.02 Å². The Hall–Kier alpha value is -1.56. The Kier molecular flexibility index (Phi) is 5.76. The fourth-order valence-corrected chi connectivity index (χ4v) is 4.54. The molecule has 2 aromatic carbocycles. The number of benzene rings is 2. The van der Waals surface area contributed by atoms with E-state index in [-0.39, 0.29) is 5.91 Å². The van der Waals surface area contributed by atoms with Gasteiger partial charge in [-0.25, -0.2) is 4.98 Å². The van der Waals surface area contributed by atoms with E-state index in [0.717, 1.165) is 28.0 Å². The highest BCUT2D eigenvalue weighted by molar-refractivity contribution is 7.99. The molecule has 3 rings (SSSR count). The van der Waals surface area contributed by atoms with Crippen molar-refractivity contribution in [3.05, 3.63) is 53.1 Å². The first kappa shape index (κ1) is 17.3. The molecule has 6 heteroatoms. The molecule has 0 bridgehead atoms. The zero-order valence-electron chi connectivity index (χ0n) is 13.2. The number of aryl methyl sites for hydroxylation is 1. The summed E-state index contributed by atoms with van der Waals surface area (Å²) in [6.07, 6.45) is 1.33. The monoisotopic (exact) mass is 376 g/mol. The Morgan fingerprint density at radius 1 is 1.29 bits per heavy atom. The second-order valence-corrected chi connectivity index (χ2v) is 8.04. The number of amides is 1. The fourth-order valence-electron chi connectivity index (χ4n) is 2.33. The van der Waals surface area contributed by atoms with Gasteiger partial charge in [0, 0.05) is 16.3 Å². The zero-order valence-corrected chi connectivity index (χ0v) is 15.6. The van der Waals surface area contributed by atoms with Crippen LogP contribution in [0.15, 0.2) is 47.4 Å². The molecule has 0 saturated heterocycles. The van der Waals surface area contributed by atoms with Crippen LogP contribution in [0, 0.1) is 6.92 Å². The van der Waals surface area contributed by atoms with Gasteiger partial charge in [-0.05, 0) is 48.9 Å². The molecule has 1 N–H and O–H groups in total. The maximum atomic E-state index is 12.1. The molecular formula is C18H17ClN2OS2. The molecule has 124 valence electrons. The van der Waals surface area contributed by atoms with E-state index >= 15 is 0 Å². The van der Waals surface area contributed by atoms with Gasteiger partial charge in [0.15, 0.2) is 5.13 Å². The number of nitrogens with zero attached hydrogens (tertiary/aromatic N) is 1. The topological polar surface area (TPSA) is 42.0 Å². The summed E-state index contributed by atoms with van der Waals surface area (Å²) in [6, 6.07) is 14.0. The van der Waals surface area contributed by atoms with Crippen LogP contribution in [0.3, 0.4) is 0 Å². The molecule has 0 aliphatic rings. The smallest absolute Gasteiger partial charge is 0.226 e. The standard InChI is InChI=1S/C18H17ClN2OS2/c1-12-10-13(19)11-15-17(12)21-18(24-15)20-16(22)8-5-9-23-14-6-3-2-4-7-14/h2-4,6-7,10-11H,5,8-9H2,1H3,(H,20,21,22). The number of carbonyl (C=O) groups excluding carboxylic acids is 1. The van der Waals surface area contributed by atoms with E-state index in [9.17, 15) is 4.79 Å². The van der Waals surface area contributed by atoms with Crippen molar-refractivity contribution < 1.29 is 4.79 Å². The Balaban J connectivity index is 1.51. The minimum absolute atomic E-state index is 0.00599. The van der Waals surface area contributed by atoms with Crippen LogP contribution in [-0.4, -0.2) is 16.6 Å². The Labute approximate surface area is 154 Å². The second kappa shape index (κ2) is 8.01. The minimum Gasteiger partial charge on any atom is -0.302 e. The summed E-state index contributed by atoms with van der Waals surface area (Å²) < 4.78 is 0.995. The first-order valence-corrected chi connectivity index (χ1v) is 9.84. The largest absolute Gasteiger partial charge is 0.302 e. The number of nitrogens with one attached hydrogen (secondary N) is 1. The Morgan fingerprint density at radius 3 is 2.88 bits per heavy atom. The molecule has 24 heavy (non-hydrogen) atoms. The lowest BCUT2D eigenvalue weighted by Crippen LogP contribution is -2.11. The van der Waals surface area contributed by atoms with Gasteiger partial charge in [-0.3, -0.25) is 4.79 Å². The summed E-state index contributed by atoms with van der Waals surface area (Å²) >= 11 is 9.29. The predicted molar refractivity (Wildman–Crippen MR) is 104 cm³/mol. The van der Waals surface area contributed by atoms with Gasteiger partial charge in [-0.1, -0.05) is 41.1 Å². The number of aromatic nitrogens is 1. The lowest BCUT2D eigenvalue weighted by molar-refractivity contribution is -0.116. The average Bonchev–Trinajstić information content (AvgIpc) is 2.95. The number of thioether (sulfide) groups is 1. The number of hydrogen-bond donors (Lipinski definition) is 1. The van der Waals surface area contributed by atoms with E-state index in [1.54, 1.807) is 11.8 Å². The van der Waals surface area contributed by atoms with Gasteiger partial charge in [-0.15, -0.1) is 11.8 Å². The lowest BCUT2D eigenvalue weighted by atomic mass is 10.2. The average molecular weight is 377 g/mol. The number of halogens is 1. The van der Waals surface area contributed by atoms with E-state index in [0.29, 0.717) is 16.6 Å². The van der Waals surface area contributed by atoms with E-state index in [4.69, 9.17) is 11.6 Å². The number of thiazole rings is 1. The molecule has 1 heterocycles. The molecule has 0 saturated carbocycles. The van der Waals surface area contributed by atoms with Gasteiger partial charge >= 0.3 is 0 Å². The number of fused-ring (bicyclic) bond motifs is 1. The molecule has 0 unspecified atom stereocenters. The van der Waals surface area contributed by atoms with E-state index < -0.39 is 0 Å². The first-order chi connectivity index (χ1) is 11.6. The summed E-state index contributed by atoms with van der Waals surface area (Å²) in [5.74, 6) is 0.929. The van der Waals surface area contributed by atoms with Gasteiger partial charge < -0.3 is 5.32 Å². The van der Waals surface area contributed by atoms with E-state index in [1.807, 2.05) is 37.3 Å². The third-order valence-electron chi connectivity index (χ3n) is 3.46. The molecule has 3 nitrogen and oxygen atoms in total. The van der Waals surface area contributed by atoms with Gasteiger partial charge in [0.05, 0.1) is 10.2 Å². The number of anilines is 1. The third-order valence-corrected chi connectivity index (χ3v) is 5.69. The molecule has 0 atom stereocenters. The normalized spacial score (nSPS) is 10.9. The van der Waals surface area contributed by atoms with Crippen molar-refractivity contribution in [2.24, 2.45) is 0 Å². The summed E-state index contributed by atoms with van der Waals surface area (Å²) in [5, 5.41) is 4.22. The van der Waals surface area contributed by atoms with Crippen LogP contribution in [0.4, 0.5) is 5.13 Å². The van der Waals surface area contributed by atoms with Crippen LogP contribution < -0.4 is 5.32 Å². The van der Waals surface area contributed by atoms with Crippen LogP contribution >= 0.6 is 34.7 Å². The first-order valence-electron chi connectivity index (χ1n) is 7.66. The van der Waals surface area contributed by atoms with Crippen molar-refractivity contribution in [1.82, 2.24) is 4.98 Å². The Bertz CT molecular complexity index is 849. The third kappa shape index (κ3) is 4.50. The van der Waals surface area contributed by atoms with Gasteiger partial charge in [-0.2, -0.15) is 0 Å².